The minimum absolute atomic E-state index is 0.120. The van der Waals surface area contributed by atoms with Gasteiger partial charge in [-0.1, -0.05) is 40.0 Å². The van der Waals surface area contributed by atoms with Gasteiger partial charge >= 0.3 is 0 Å². The molecule has 2 aromatic rings. The summed E-state index contributed by atoms with van der Waals surface area (Å²) in [5, 5.41) is 2.84. The van der Waals surface area contributed by atoms with Crippen molar-refractivity contribution in [2.75, 3.05) is 6.61 Å². The summed E-state index contributed by atoms with van der Waals surface area (Å²) in [5.74, 6) is 2.22. The van der Waals surface area contributed by atoms with Gasteiger partial charge in [-0.05, 0) is 48.2 Å². The summed E-state index contributed by atoms with van der Waals surface area (Å²) >= 11 is 4.49. The Balaban J connectivity index is 1.84. The van der Waals surface area contributed by atoms with E-state index < -0.39 is 5.91 Å². The van der Waals surface area contributed by atoms with E-state index in [2.05, 4.69) is 32.2 Å². The van der Waals surface area contributed by atoms with Crippen LogP contribution in [-0.4, -0.2) is 23.6 Å². The molecule has 7 heteroatoms. The van der Waals surface area contributed by atoms with Gasteiger partial charge in [-0.25, -0.2) is 0 Å². The molecule has 27 heavy (non-hydrogen) atoms. The van der Waals surface area contributed by atoms with Crippen LogP contribution in [0.2, 0.25) is 0 Å². The molecule has 1 N–H and O–H groups in total. The first-order chi connectivity index (χ1) is 13.1. The first-order valence-corrected chi connectivity index (χ1v) is 9.42. The average Bonchev–Trinajstić information content (AvgIpc) is 3.00. The van der Waals surface area contributed by atoms with Crippen LogP contribution in [0.5, 0.6) is 5.75 Å². The molecule has 0 unspecified atom stereocenters. The lowest BCUT2D eigenvalue weighted by atomic mass is 10.2. The Labute approximate surface area is 169 Å². The fourth-order valence-corrected chi connectivity index (χ4v) is 3.43. The monoisotopic (exact) mass is 440 g/mol. The quantitative estimate of drug-likeness (QED) is 0.578. The van der Waals surface area contributed by atoms with Crippen molar-refractivity contribution in [2.24, 2.45) is 4.99 Å². The number of carbonyl (C=O) groups is 2. The van der Waals surface area contributed by atoms with E-state index >= 15 is 0 Å². The average molecular weight is 441 g/mol. The van der Waals surface area contributed by atoms with Crippen molar-refractivity contribution in [3.05, 3.63) is 69.0 Å². The van der Waals surface area contributed by atoms with Gasteiger partial charge in [-0.3, -0.25) is 9.59 Å². The van der Waals surface area contributed by atoms with E-state index in [1.165, 1.54) is 0 Å². The normalized spacial score (nSPS) is 16.2. The number of nitrogens with one attached hydrogen (secondary N) is 1. The number of hydrogen-bond acceptors (Lipinski definition) is 4. The van der Waals surface area contributed by atoms with Gasteiger partial charge in [-0.15, -0.1) is 6.42 Å². The number of terminal acetylenes is 1. The molecular weight excluding hydrogens is 428 g/mol. The zero-order valence-corrected chi connectivity index (χ0v) is 16.3. The van der Waals surface area contributed by atoms with Crippen molar-refractivity contribution in [1.29, 1.82) is 0 Å². The molecule has 1 aliphatic rings. The van der Waals surface area contributed by atoms with Crippen molar-refractivity contribution < 1.29 is 14.3 Å². The fraction of sp³-hybridized carbons (Fsp3) is 0.0500. The zero-order valence-electron chi connectivity index (χ0n) is 13.9. The molecule has 1 aliphatic heterocycles. The molecule has 134 valence electrons. The largest absolute Gasteiger partial charge is 0.480 e. The molecule has 0 spiro atoms. The van der Waals surface area contributed by atoms with E-state index in [1.807, 2.05) is 18.2 Å². The van der Waals surface area contributed by atoms with Crippen molar-refractivity contribution in [2.45, 2.75) is 0 Å². The van der Waals surface area contributed by atoms with Crippen molar-refractivity contribution in [3.63, 3.8) is 0 Å². The molecule has 0 atom stereocenters. The van der Waals surface area contributed by atoms with Crippen LogP contribution in [0.15, 0.2) is 62.9 Å². The number of halogens is 1. The maximum absolute atomic E-state index is 12.2. The second-order valence-corrected chi connectivity index (χ2v) is 7.27. The molecule has 1 saturated heterocycles. The van der Waals surface area contributed by atoms with Crippen molar-refractivity contribution in [3.8, 4) is 18.1 Å². The number of amides is 2. The molecule has 0 aliphatic carbocycles. The number of benzene rings is 2. The molecule has 0 bridgehead atoms. The van der Waals surface area contributed by atoms with Crippen LogP contribution >= 0.6 is 27.7 Å². The third-order valence-electron chi connectivity index (χ3n) is 3.44. The van der Waals surface area contributed by atoms with Gasteiger partial charge in [0.15, 0.2) is 5.17 Å². The summed E-state index contributed by atoms with van der Waals surface area (Å²) in [7, 11) is 0. The van der Waals surface area contributed by atoms with E-state index in [-0.39, 0.29) is 17.7 Å². The van der Waals surface area contributed by atoms with Crippen LogP contribution in [0.25, 0.3) is 6.08 Å². The van der Waals surface area contributed by atoms with Gasteiger partial charge in [-0.2, -0.15) is 4.99 Å². The van der Waals surface area contributed by atoms with E-state index in [4.69, 9.17) is 11.2 Å². The van der Waals surface area contributed by atoms with Gasteiger partial charge < -0.3 is 10.1 Å². The summed E-state index contributed by atoms with van der Waals surface area (Å²) in [6, 6.07) is 14.1. The predicted octanol–water partition coefficient (Wildman–Crippen LogP) is 3.86. The fourth-order valence-electron chi connectivity index (χ4n) is 2.24. The smallest absolute Gasteiger partial charge is 0.279 e. The molecule has 0 aromatic heterocycles. The highest BCUT2D eigenvalue weighted by atomic mass is 79.9. The Morgan fingerprint density at radius 1 is 1.30 bits per heavy atom. The Morgan fingerprint density at radius 3 is 2.81 bits per heavy atom. The highest BCUT2D eigenvalue weighted by Crippen LogP contribution is 2.31. The summed E-state index contributed by atoms with van der Waals surface area (Å²) in [6.45, 7) is 0.120. The van der Waals surface area contributed by atoms with Crippen molar-refractivity contribution in [1.82, 2.24) is 5.32 Å². The lowest BCUT2D eigenvalue weighted by Crippen LogP contribution is -2.20. The van der Waals surface area contributed by atoms with Crippen LogP contribution in [0.3, 0.4) is 0 Å². The van der Waals surface area contributed by atoms with Gasteiger partial charge in [0.05, 0.1) is 4.91 Å². The van der Waals surface area contributed by atoms with Crippen LogP contribution in [0, 0.1) is 12.3 Å². The topological polar surface area (TPSA) is 67.8 Å². The minimum Gasteiger partial charge on any atom is -0.480 e. The van der Waals surface area contributed by atoms with E-state index in [1.54, 1.807) is 36.4 Å². The Kier molecular flexibility index (Phi) is 6.12. The minimum atomic E-state index is -0.417. The number of ether oxygens (including phenoxy) is 1. The number of aliphatic imine (C=N–C) groups is 1. The summed E-state index contributed by atoms with van der Waals surface area (Å²) < 4.78 is 6.34. The molecule has 1 heterocycles. The molecule has 3 rings (SSSR count). The Morgan fingerprint density at radius 2 is 2.07 bits per heavy atom. The molecule has 2 amide bonds. The number of rotatable bonds is 4. The van der Waals surface area contributed by atoms with Crippen molar-refractivity contribution >= 4 is 50.7 Å². The molecule has 0 radical (unpaired) electrons. The highest BCUT2D eigenvalue weighted by Gasteiger charge is 2.25. The number of carbonyl (C=O) groups excluding carboxylic acids is 2. The van der Waals surface area contributed by atoms with E-state index in [0.29, 0.717) is 21.8 Å². The summed E-state index contributed by atoms with van der Waals surface area (Å²) in [4.78, 5) is 28.8. The number of amidine groups is 1. The third-order valence-corrected chi connectivity index (χ3v) is 4.85. The second kappa shape index (κ2) is 8.71. The Bertz CT molecular complexity index is 994. The van der Waals surface area contributed by atoms with E-state index in [0.717, 1.165) is 16.2 Å². The standard InChI is InChI=1S/C20H13BrN2O3S/c1-2-10-26-16-9-8-15(21)11-14(16)12-17-19(25)23-20(27-17)22-18(24)13-6-4-3-5-7-13/h1,3-9,11-12H,10H2,(H,22,23,24,25)/b17-12-. The molecule has 2 aromatic carbocycles. The summed E-state index contributed by atoms with van der Waals surface area (Å²) in [6.07, 6.45) is 6.91. The lowest BCUT2D eigenvalue weighted by Gasteiger charge is -2.07. The van der Waals surface area contributed by atoms with Gasteiger partial charge in [0.25, 0.3) is 11.8 Å². The van der Waals surface area contributed by atoms with Gasteiger partial charge in [0, 0.05) is 15.6 Å². The van der Waals surface area contributed by atoms with E-state index in [9.17, 15) is 9.59 Å². The first kappa shape index (κ1) is 19.0. The number of nitrogens with zero attached hydrogens (tertiary/aromatic N) is 1. The highest BCUT2D eigenvalue weighted by molar-refractivity contribution is 9.10. The maximum Gasteiger partial charge on any atom is 0.279 e. The maximum atomic E-state index is 12.2. The van der Waals surface area contributed by atoms with Crippen LogP contribution in [0.1, 0.15) is 15.9 Å². The molecule has 0 saturated carbocycles. The molecule has 5 nitrogen and oxygen atoms in total. The lowest BCUT2D eigenvalue weighted by molar-refractivity contribution is -0.115. The number of thioether (sulfide) groups is 1. The predicted molar refractivity (Wildman–Crippen MR) is 110 cm³/mol. The van der Waals surface area contributed by atoms with Crippen LogP contribution in [0.4, 0.5) is 0 Å². The molecular formula is C20H13BrN2O3S. The zero-order chi connectivity index (χ0) is 19.2. The van der Waals surface area contributed by atoms with Gasteiger partial charge in [0.2, 0.25) is 0 Å². The van der Waals surface area contributed by atoms with Crippen LogP contribution < -0.4 is 10.1 Å². The third kappa shape index (κ3) is 4.88. The summed E-state index contributed by atoms with van der Waals surface area (Å²) in [5.41, 5.74) is 1.14. The SMILES string of the molecule is C#CCOc1ccc(Br)cc1/C=C1\SC(=NC(=O)c2ccccc2)NC1=O. The first-order valence-electron chi connectivity index (χ1n) is 7.81. The Hall–Kier alpha value is -2.82. The number of hydrogen-bond donors (Lipinski definition) is 1. The van der Waals surface area contributed by atoms with Gasteiger partial charge in [0.1, 0.15) is 12.4 Å². The molecule has 1 fully saturated rings. The van der Waals surface area contributed by atoms with Crippen LogP contribution in [-0.2, 0) is 4.79 Å². The second-order valence-electron chi connectivity index (χ2n) is 5.33.